The first-order chi connectivity index (χ1) is 12.7. The van der Waals surface area contributed by atoms with Gasteiger partial charge in [0, 0.05) is 32.7 Å². The minimum atomic E-state index is -0.448. The maximum atomic E-state index is 14.1. The van der Waals surface area contributed by atoms with E-state index in [1.807, 2.05) is 4.90 Å². The zero-order valence-electron chi connectivity index (χ0n) is 14.8. The molecule has 0 radical (unpaired) electrons. The van der Waals surface area contributed by atoms with Gasteiger partial charge in [0.2, 0.25) is 0 Å². The van der Waals surface area contributed by atoms with Crippen molar-refractivity contribution in [2.45, 2.75) is 17.6 Å². The topological polar surface area (TPSA) is 45.2 Å². The summed E-state index contributed by atoms with van der Waals surface area (Å²) in [4.78, 5) is 19.8. The number of benzene rings is 1. The summed E-state index contributed by atoms with van der Waals surface area (Å²) in [5, 5.41) is 0. The molecular weight excluding hydrogens is 337 g/mol. The molecule has 140 valence electrons. The molecule has 4 fully saturated rings. The van der Waals surface area contributed by atoms with Gasteiger partial charge >= 0.3 is 0 Å². The van der Waals surface area contributed by atoms with E-state index in [0.29, 0.717) is 25.7 Å². The molecule has 4 saturated heterocycles. The Balaban J connectivity index is 1.38. The Bertz CT molecular complexity index is 705. The lowest BCUT2D eigenvalue weighted by molar-refractivity contribution is -0.191. The predicted octanol–water partition coefficient (Wildman–Crippen LogP) is 0.436. The van der Waals surface area contributed by atoms with Crippen LogP contribution in [0.25, 0.3) is 0 Å². The summed E-state index contributed by atoms with van der Waals surface area (Å²) in [6.07, 6.45) is 0. The van der Waals surface area contributed by atoms with Crippen molar-refractivity contribution in [1.29, 1.82) is 0 Å². The number of morpholine rings is 1. The molecule has 0 aliphatic carbocycles. The van der Waals surface area contributed by atoms with Gasteiger partial charge in [-0.05, 0) is 12.1 Å². The molecule has 1 aromatic rings. The molecule has 0 N–H and O–H groups in total. The largest absolute Gasteiger partial charge is 0.378 e. The van der Waals surface area contributed by atoms with Gasteiger partial charge in [-0.3, -0.25) is 14.6 Å². The van der Waals surface area contributed by atoms with E-state index in [-0.39, 0.29) is 23.1 Å². The summed E-state index contributed by atoms with van der Waals surface area (Å²) in [5.74, 6) is -0.658. The molecule has 7 heteroatoms. The van der Waals surface area contributed by atoms with Crippen LogP contribution in [-0.4, -0.2) is 97.4 Å². The van der Waals surface area contributed by atoms with Crippen LogP contribution in [0, 0.1) is 5.82 Å². The minimum Gasteiger partial charge on any atom is -0.378 e. The highest BCUT2D eigenvalue weighted by molar-refractivity contribution is 5.94. The Kier molecular flexibility index (Phi) is 4.01. The molecule has 0 saturated carbocycles. The van der Waals surface area contributed by atoms with Gasteiger partial charge in [0.25, 0.3) is 5.91 Å². The lowest BCUT2D eigenvalue weighted by atomic mass is 9.81. The van der Waals surface area contributed by atoms with Gasteiger partial charge in [0.05, 0.1) is 49.6 Å². The highest BCUT2D eigenvalue weighted by atomic mass is 19.1. The fraction of sp³-hybridized carbons (Fsp3) is 0.632. The standard InChI is InChI=1S/C19H24FN3O3/c20-17-4-2-1-3-16(17)18(24)21-7-14-8-25-6-5-23(14)19(11-21)12-22(13-19)15-9-26-10-15/h1-4,14-15H,5-13H2/t14-/m1/s1. The van der Waals surface area contributed by atoms with Crippen LogP contribution in [0.1, 0.15) is 10.4 Å². The third-order valence-electron chi connectivity index (χ3n) is 6.28. The first-order valence-corrected chi connectivity index (χ1v) is 9.36. The van der Waals surface area contributed by atoms with E-state index in [1.54, 1.807) is 18.2 Å². The summed E-state index contributed by atoms with van der Waals surface area (Å²) >= 11 is 0. The Morgan fingerprint density at radius 2 is 1.85 bits per heavy atom. The summed E-state index contributed by atoms with van der Waals surface area (Å²) in [5.41, 5.74) is 0.125. The van der Waals surface area contributed by atoms with Gasteiger partial charge in [0.1, 0.15) is 5.82 Å². The Hall–Kier alpha value is -1.54. The average Bonchev–Trinajstić information content (AvgIpc) is 2.58. The van der Waals surface area contributed by atoms with Crippen molar-refractivity contribution in [3.63, 3.8) is 0 Å². The number of hydrogen-bond donors (Lipinski definition) is 0. The van der Waals surface area contributed by atoms with Crippen LogP contribution in [0.5, 0.6) is 0 Å². The van der Waals surface area contributed by atoms with Crippen LogP contribution >= 0.6 is 0 Å². The molecule has 26 heavy (non-hydrogen) atoms. The van der Waals surface area contributed by atoms with Gasteiger partial charge in [0.15, 0.2) is 0 Å². The SMILES string of the molecule is O=C(c1ccccc1F)N1C[C@@H]2COCCN2C2(C1)CN(C1COC1)C2. The smallest absolute Gasteiger partial charge is 0.256 e. The van der Waals surface area contributed by atoms with Crippen LogP contribution in [0.3, 0.4) is 0 Å². The second kappa shape index (κ2) is 6.27. The third kappa shape index (κ3) is 2.57. The number of rotatable bonds is 2. The Labute approximate surface area is 152 Å². The zero-order valence-corrected chi connectivity index (χ0v) is 14.8. The lowest BCUT2D eigenvalue weighted by Gasteiger charge is -2.65. The van der Waals surface area contributed by atoms with Crippen LogP contribution in [0.4, 0.5) is 4.39 Å². The van der Waals surface area contributed by atoms with Gasteiger partial charge in [-0.15, -0.1) is 0 Å². The molecular formula is C19H24FN3O3. The number of likely N-dealkylation sites (tertiary alicyclic amines) is 1. The summed E-state index contributed by atoms with van der Waals surface area (Å²) in [6.45, 7) is 7.03. The van der Waals surface area contributed by atoms with E-state index >= 15 is 0 Å². The van der Waals surface area contributed by atoms with Crippen LogP contribution in [0.15, 0.2) is 24.3 Å². The molecule has 5 rings (SSSR count). The molecule has 0 bridgehead atoms. The van der Waals surface area contributed by atoms with Crippen LogP contribution in [-0.2, 0) is 9.47 Å². The predicted molar refractivity (Wildman–Crippen MR) is 92.5 cm³/mol. The van der Waals surface area contributed by atoms with Crippen molar-refractivity contribution in [2.24, 2.45) is 0 Å². The van der Waals surface area contributed by atoms with Crippen LogP contribution in [0.2, 0.25) is 0 Å². The van der Waals surface area contributed by atoms with Crippen LogP contribution < -0.4 is 0 Å². The number of hydrogen-bond acceptors (Lipinski definition) is 5. The summed E-state index contributed by atoms with van der Waals surface area (Å²) < 4.78 is 25.1. The van der Waals surface area contributed by atoms with Gasteiger partial charge in [-0.25, -0.2) is 4.39 Å². The van der Waals surface area contributed by atoms with Crippen molar-refractivity contribution in [3.05, 3.63) is 35.6 Å². The molecule has 0 aromatic heterocycles. The number of halogens is 1. The van der Waals surface area contributed by atoms with Crippen molar-refractivity contribution in [2.75, 3.05) is 59.2 Å². The van der Waals surface area contributed by atoms with E-state index in [4.69, 9.17) is 9.47 Å². The number of amides is 1. The fourth-order valence-electron chi connectivity index (χ4n) is 4.84. The first kappa shape index (κ1) is 16.6. The normalized spacial score (nSPS) is 29.1. The van der Waals surface area contributed by atoms with E-state index in [0.717, 1.165) is 39.5 Å². The average molecular weight is 361 g/mol. The fourth-order valence-corrected chi connectivity index (χ4v) is 4.84. The zero-order chi connectivity index (χ0) is 17.7. The Morgan fingerprint density at radius 3 is 2.58 bits per heavy atom. The second-order valence-electron chi connectivity index (χ2n) is 7.91. The van der Waals surface area contributed by atoms with E-state index < -0.39 is 5.82 Å². The minimum absolute atomic E-state index is 0.0385. The van der Waals surface area contributed by atoms with Crippen molar-refractivity contribution >= 4 is 5.91 Å². The number of piperazine rings is 1. The van der Waals surface area contributed by atoms with Crippen molar-refractivity contribution in [3.8, 4) is 0 Å². The molecule has 1 spiro atoms. The molecule has 1 aromatic carbocycles. The van der Waals surface area contributed by atoms with E-state index in [2.05, 4.69) is 9.80 Å². The maximum absolute atomic E-state index is 14.1. The second-order valence-corrected chi connectivity index (χ2v) is 7.91. The number of fused-ring (bicyclic) bond motifs is 2. The molecule has 1 amide bonds. The number of carbonyl (C=O) groups is 1. The highest BCUT2D eigenvalue weighted by Gasteiger charge is 2.56. The summed E-state index contributed by atoms with van der Waals surface area (Å²) in [7, 11) is 0. The van der Waals surface area contributed by atoms with Crippen molar-refractivity contribution < 1.29 is 18.7 Å². The van der Waals surface area contributed by atoms with Gasteiger partial charge in [-0.1, -0.05) is 12.1 Å². The summed E-state index contributed by atoms with van der Waals surface area (Å²) in [6, 6.07) is 6.96. The monoisotopic (exact) mass is 361 g/mol. The molecule has 4 heterocycles. The lowest BCUT2D eigenvalue weighted by Crippen LogP contribution is -2.82. The Morgan fingerprint density at radius 1 is 1.08 bits per heavy atom. The maximum Gasteiger partial charge on any atom is 0.256 e. The molecule has 0 unspecified atom stereocenters. The van der Waals surface area contributed by atoms with E-state index in [9.17, 15) is 9.18 Å². The number of carbonyl (C=O) groups excluding carboxylic acids is 1. The molecule has 4 aliphatic heterocycles. The number of nitrogens with zero attached hydrogens (tertiary/aromatic N) is 3. The molecule has 6 nitrogen and oxygen atoms in total. The van der Waals surface area contributed by atoms with Crippen molar-refractivity contribution in [1.82, 2.24) is 14.7 Å². The molecule has 4 aliphatic rings. The quantitative estimate of drug-likeness (QED) is 0.765. The molecule has 1 atom stereocenters. The van der Waals surface area contributed by atoms with Gasteiger partial charge < -0.3 is 14.4 Å². The van der Waals surface area contributed by atoms with Gasteiger partial charge in [-0.2, -0.15) is 0 Å². The highest BCUT2D eigenvalue weighted by Crippen LogP contribution is 2.38. The number of ether oxygens (including phenoxy) is 2. The third-order valence-corrected chi connectivity index (χ3v) is 6.28. The first-order valence-electron chi connectivity index (χ1n) is 9.36. The van der Waals surface area contributed by atoms with E-state index in [1.165, 1.54) is 6.07 Å².